The molecule has 0 radical (unpaired) electrons. The average molecular weight is 408 g/mol. The van der Waals surface area contributed by atoms with Crippen LogP contribution < -0.4 is 15.4 Å². The van der Waals surface area contributed by atoms with Gasteiger partial charge in [0.15, 0.2) is 5.69 Å². The Morgan fingerprint density at radius 1 is 1.48 bits per heavy atom. The van der Waals surface area contributed by atoms with Gasteiger partial charge in [-0.05, 0) is 18.2 Å². The van der Waals surface area contributed by atoms with E-state index in [9.17, 15) is 13.2 Å². The number of anilines is 1. The van der Waals surface area contributed by atoms with Gasteiger partial charge >= 0.3 is 0 Å². The zero-order valence-electron chi connectivity index (χ0n) is 14.2. The van der Waals surface area contributed by atoms with Crippen LogP contribution in [0.25, 0.3) is 0 Å². The number of aromatic nitrogens is 2. The van der Waals surface area contributed by atoms with Crippen molar-refractivity contribution >= 4 is 39.3 Å². The Morgan fingerprint density at radius 2 is 2.30 bits per heavy atom. The van der Waals surface area contributed by atoms with E-state index in [1.165, 1.54) is 13.2 Å². The first-order valence-corrected chi connectivity index (χ1v) is 10.3. The first-order chi connectivity index (χ1) is 12.8. The molecule has 0 unspecified atom stereocenters. The molecule has 2 aliphatic rings. The molecule has 1 amide bonds. The standard InChI is InChI=1S/C15H16N6O4S2/c1-21-14(16)19-15(8-27(21,23)24)4-5-25-12-3-2-9(6-10(12)15)18-13(22)11-7-17-26-20-11/h2-3,6-7H,4-5,8H2,1H3,(H2,16,19)(H,18,22)/t15-/m0/s1. The molecule has 27 heavy (non-hydrogen) atoms. The lowest BCUT2D eigenvalue weighted by molar-refractivity contribution is 0.102. The van der Waals surface area contributed by atoms with Gasteiger partial charge in [-0.25, -0.2) is 12.7 Å². The fraction of sp³-hybridized carbons (Fsp3) is 0.333. The van der Waals surface area contributed by atoms with Crippen LogP contribution in [0.4, 0.5) is 5.69 Å². The lowest BCUT2D eigenvalue weighted by Crippen LogP contribution is -2.63. The van der Waals surface area contributed by atoms with Crippen LogP contribution in [0.1, 0.15) is 22.5 Å². The van der Waals surface area contributed by atoms with Gasteiger partial charge < -0.3 is 15.4 Å². The van der Waals surface area contributed by atoms with Gasteiger partial charge in [0.2, 0.25) is 16.0 Å². The van der Waals surface area contributed by atoms with E-state index in [0.717, 1.165) is 16.0 Å². The lowest BCUT2D eigenvalue weighted by atomic mass is 9.85. The minimum Gasteiger partial charge on any atom is -0.493 e. The van der Waals surface area contributed by atoms with E-state index in [1.807, 2.05) is 0 Å². The van der Waals surface area contributed by atoms with Crippen LogP contribution in [0.2, 0.25) is 0 Å². The van der Waals surface area contributed by atoms with Crippen LogP contribution in [0.3, 0.4) is 0 Å². The lowest BCUT2D eigenvalue weighted by Gasteiger charge is -2.45. The number of sulfonamides is 1. The third-order valence-electron chi connectivity index (χ3n) is 4.65. The number of hydrogen-bond acceptors (Lipinski definition) is 8. The predicted octanol–water partition coefficient (Wildman–Crippen LogP) is 0.568. The molecule has 3 heterocycles. The number of fused-ring (bicyclic) bond motifs is 2. The summed E-state index contributed by atoms with van der Waals surface area (Å²) in [6, 6.07) is 5.03. The predicted molar refractivity (Wildman–Crippen MR) is 98.5 cm³/mol. The van der Waals surface area contributed by atoms with Gasteiger partial charge in [0.1, 0.15) is 5.75 Å². The number of rotatable bonds is 2. The zero-order chi connectivity index (χ0) is 19.2. The Morgan fingerprint density at radius 3 is 3.00 bits per heavy atom. The maximum Gasteiger partial charge on any atom is 0.277 e. The summed E-state index contributed by atoms with van der Waals surface area (Å²) in [4.78, 5) is 12.2. The van der Waals surface area contributed by atoms with Crippen LogP contribution >= 0.6 is 11.7 Å². The van der Waals surface area contributed by atoms with E-state index in [1.54, 1.807) is 18.2 Å². The number of amides is 1. The highest BCUT2D eigenvalue weighted by Gasteiger charge is 2.48. The van der Waals surface area contributed by atoms with Crippen molar-refractivity contribution in [2.24, 2.45) is 0 Å². The monoisotopic (exact) mass is 408 g/mol. The van der Waals surface area contributed by atoms with Gasteiger partial charge in [-0.2, -0.15) is 8.75 Å². The largest absolute Gasteiger partial charge is 0.493 e. The number of carbonyl (C=O) groups excluding carboxylic acids is 1. The number of nitrogens with one attached hydrogen (secondary N) is 3. The van der Waals surface area contributed by atoms with E-state index in [2.05, 4.69) is 19.4 Å². The van der Waals surface area contributed by atoms with E-state index >= 15 is 0 Å². The molecule has 2 aliphatic heterocycles. The van der Waals surface area contributed by atoms with Crippen molar-refractivity contribution in [1.29, 1.82) is 5.41 Å². The maximum absolute atomic E-state index is 12.5. The Balaban J connectivity index is 1.71. The van der Waals surface area contributed by atoms with Crippen LogP contribution in [0.5, 0.6) is 5.75 Å². The average Bonchev–Trinajstić information content (AvgIpc) is 3.15. The molecular weight excluding hydrogens is 392 g/mol. The number of carbonyl (C=O) groups is 1. The second-order valence-electron chi connectivity index (χ2n) is 6.34. The highest BCUT2D eigenvalue weighted by atomic mass is 32.2. The summed E-state index contributed by atoms with van der Waals surface area (Å²) in [5.41, 5.74) is 0.273. The molecule has 12 heteroatoms. The van der Waals surface area contributed by atoms with Crippen molar-refractivity contribution in [2.45, 2.75) is 12.0 Å². The molecule has 1 atom stereocenters. The molecule has 10 nitrogen and oxygen atoms in total. The minimum atomic E-state index is -3.65. The second-order valence-corrected chi connectivity index (χ2v) is 8.89. The molecule has 1 aromatic heterocycles. The first-order valence-electron chi connectivity index (χ1n) is 8.00. The van der Waals surface area contributed by atoms with E-state index in [0.29, 0.717) is 30.0 Å². The van der Waals surface area contributed by atoms with Crippen LogP contribution in [0, 0.1) is 5.41 Å². The fourth-order valence-corrected chi connectivity index (χ4v) is 5.13. The van der Waals surface area contributed by atoms with Crippen molar-refractivity contribution in [3.8, 4) is 5.75 Å². The molecule has 4 rings (SSSR count). The third-order valence-corrected chi connectivity index (χ3v) is 7.00. The number of guanidine groups is 1. The molecule has 0 bridgehead atoms. The molecule has 142 valence electrons. The number of benzene rings is 1. The summed E-state index contributed by atoms with van der Waals surface area (Å²) >= 11 is 0.933. The Hall–Kier alpha value is -2.73. The molecule has 1 spiro atoms. The van der Waals surface area contributed by atoms with Crippen LogP contribution in [-0.4, -0.2) is 52.7 Å². The third kappa shape index (κ3) is 3.00. The molecule has 0 aliphatic carbocycles. The smallest absolute Gasteiger partial charge is 0.277 e. The Bertz CT molecular complexity index is 1020. The Labute approximate surface area is 159 Å². The van der Waals surface area contributed by atoms with Crippen LogP contribution in [0.15, 0.2) is 24.4 Å². The van der Waals surface area contributed by atoms with Gasteiger partial charge in [-0.1, -0.05) is 0 Å². The number of hydrogen-bond donors (Lipinski definition) is 3. The molecular formula is C15H16N6O4S2. The van der Waals surface area contributed by atoms with Gasteiger partial charge in [-0.3, -0.25) is 10.2 Å². The minimum absolute atomic E-state index is 0.197. The topological polar surface area (TPSA) is 137 Å². The molecule has 1 fully saturated rings. The van der Waals surface area contributed by atoms with Gasteiger partial charge in [0.05, 0.1) is 35.8 Å². The van der Waals surface area contributed by atoms with Crippen molar-refractivity contribution in [1.82, 2.24) is 18.4 Å². The van der Waals surface area contributed by atoms with Gasteiger partial charge in [-0.15, -0.1) is 0 Å². The number of nitrogens with zero attached hydrogens (tertiary/aromatic N) is 3. The highest BCUT2D eigenvalue weighted by molar-refractivity contribution is 7.89. The maximum atomic E-state index is 12.5. The van der Waals surface area contributed by atoms with Crippen molar-refractivity contribution in [3.63, 3.8) is 0 Å². The van der Waals surface area contributed by atoms with Crippen molar-refractivity contribution in [3.05, 3.63) is 35.7 Å². The fourth-order valence-electron chi connectivity index (χ4n) is 3.21. The molecule has 3 N–H and O–H groups in total. The molecule has 1 aromatic carbocycles. The van der Waals surface area contributed by atoms with Crippen molar-refractivity contribution < 1.29 is 17.9 Å². The normalized spacial score (nSPS) is 23.3. The molecule has 1 saturated heterocycles. The number of ether oxygens (including phenoxy) is 1. The van der Waals surface area contributed by atoms with Crippen LogP contribution in [-0.2, 0) is 15.6 Å². The summed E-state index contributed by atoms with van der Waals surface area (Å²) < 4.78 is 39.3. The summed E-state index contributed by atoms with van der Waals surface area (Å²) in [6.45, 7) is 0.322. The zero-order valence-corrected chi connectivity index (χ0v) is 15.9. The Kier molecular flexibility index (Phi) is 4.03. The first kappa shape index (κ1) is 17.7. The molecule has 0 saturated carbocycles. The van der Waals surface area contributed by atoms with E-state index in [-0.39, 0.29) is 17.4 Å². The van der Waals surface area contributed by atoms with E-state index in [4.69, 9.17) is 10.1 Å². The summed E-state index contributed by atoms with van der Waals surface area (Å²) in [7, 11) is -2.30. The summed E-state index contributed by atoms with van der Waals surface area (Å²) in [6.07, 6.45) is 1.75. The second kappa shape index (κ2) is 6.16. The van der Waals surface area contributed by atoms with Crippen molar-refractivity contribution in [2.75, 3.05) is 24.7 Å². The SMILES string of the molecule is CN1C(=N)N[C@@]2(CCOc3ccc(NC(=O)c4cnsn4)cc32)CS1(=O)=O. The van der Waals surface area contributed by atoms with E-state index < -0.39 is 21.5 Å². The quantitative estimate of drug-likeness (QED) is 0.660. The molecule has 2 aromatic rings. The summed E-state index contributed by atoms with van der Waals surface area (Å²) in [5, 5.41) is 13.8. The van der Waals surface area contributed by atoms with Gasteiger partial charge in [0.25, 0.3) is 5.91 Å². The van der Waals surface area contributed by atoms with Gasteiger partial charge in [0, 0.05) is 24.7 Å². The highest BCUT2D eigenvalue weighted by Crippen LogP contribution is 2.41. The summed E-state index contributed by atoms with van der Waals surface area (Å²) in [5.74, 6) is -0.291.